The highest BCUT2D eigenvalue weighted by molar-refractivity contribution is 7.85. The molecule has 1 heterocycles. The van der Waals surface area contributed by atoms with Gasteiger partial charge in [-0.05, 0) is 29.1 Å². The zero-order valence-electron chi connectivity index (χ0n) is 12.1. The van der Waals surface area contributed by atoms with Crippen molar-refractivity contribution >= 4 is 22.1 Å². The van der Waals surface area contributed by atoms with Crippen molar-refractivity contribution in [3.63, 3.8) is 0 Å². The standard InChI is InChI=1S/C18H16O2S2/c1-20-15-10-5-6-12-17(15)22(19)18(16-11-7-13-21-16)14-8-3-2-4-9-14/h2-13,18H,1H3. The van der Waals surface area contributed by atoms with E-state index in [0.29, 0.717) is 5.75 Å². The first-order valence-electron chi connectivity index (χ1n) is 6.93. The van der Waals surface area contributed by atoms with Gasteiger partial charge < -0.3 is 4.74 Å². The van der Waals surface area contributed by atoms with E-state index in [9.17, 15) is 4.21 Å². The fourth-order valence-corrected chi connectivity index (χ4v) is 5.04. The number of para-hydroxylation sites is 1. The van der Waals surface area contributed by atoms with Crippen LogP contribution in [0.5, 0.6) is 5.75 Å². The van der Waals surface area contributed by atoms with Gasteiger partial charge in [0.2, 0.25) is 0 Å². The van der Waals surface area contributed by atoms with Gasteiger partial charge in [0.05, 0.1) is 28.1 Å². The topological polar surface area (TPSA) is 26.3 Å². The van der Waals surface area contributed by atoms with E-state index in [1.165, 1.54) is 0 Å². The van der Waals surface area contributed by atoms with Gasteiger partial charge in [0, 0.05) is 4.88 Å². The molecular weight excluding hydrogens is 312 g/mol. The Morgan fingerprint density at radius 3 is 2.36 bits per heavy atom. The summed E-state index contributed by atoms with van der Waals surface area (Å²) in [6, 6.07) is 21.5. The Hall–Kier alpha value is -1.91. The lowest BCUT2D eigenvalue weighted by molar-refractivity contribution is 0.404. The number of thiophene rings is 1. The van der Waals surface area contributed by atoms with E-state index in [-0.39, 0.29) is 5.25 Å². The second kappa shape index (κ2) is 6.90. The molecule has 0 radical (unpaired) electrons. The number of ether oxygens (including phenoxy) is 1. The van der Waals surface area contributed by atoms with Crippen molar-refractivity contribution in [2.45, 2.75) is 10.1 Å². The summed E-state index contributed by atoms with van der Waals surface area (Å²) < 4.78 is 18.6. The molecule has 0 aliphatic heterocycles. The summed E-state index contributed by atoms with van der Waals surface area (Å²) in [5, 5.41) is 1.84. The van der Waals surface area contributed by atoms with E-state index in [1.807, 2.05) is 72.1 Å². The van der Waals surface area contributed by atoms with Gasteiger partial charge in [-0.15, -0.1) is 11.3 Å². The Morgan fingerprint density at radius 2 is 1.68 bits per heavy atom. The number of hydrogen-bond donors (Lipinski definition) is 0. The minimum absolute atomic E-state index is 0.183. The van der Waals surface area contributed by atoms with E-state index in [0.717, 1.165) is 15.3 Å². The minimum Gasteiger partial charge on any atom is -0.495 e. The van der Waals surface area contributed by atoms with Gasteiger partial charge in [0.1, 0.15) is 5.75 Å². The summed E-state index contributed by atoms with van der Waals surface area (Å²) >= 11 is 1.63. The van der Waals surface area contributed by atoms with Crippen molar-refractivity contribution in [1.29, 1.82) is 0 Å². The Morgan fingerprint density at radius 1 is 0.955 bits per heavy atom. The second-order valence-electron chi connectivity index (χ2n) is 4.75. The summed E-state index contributed by atoms with van der Waals surface area (Å²) in [6.45, 7) is 0. The fraction of sp³-hybridized carbons (Fsp3) is 0.111. The molecule has 0 aliphatic rings. The predicted molar refractivity (Wildman–Crippen MR) is 92.0 cm³/mol. The van der Waals surface area contributed by atoms with Crippen LogP contribution in [0.2, 0.25) is 0 Å². The first kappa shape index (κ1) is 15.0. The third kappa shape index (κ3) is 2.98. The molecule has 2 atom stereocenters. The molecule has 0 fully saturated rings. The average Bonchev–Trinajstić information content (AvgIpc) is 3.10. The van der Waals surface area contributed by atoms with Gasteiger partial charge in [0.15, 0.2) is 0 Å². The van der Waals surface area contributed by atoms with Crippen LogP contribution in [0.3, 0.4) is 0 Å². The van der Waals surface area contributed by atoms with Gasteiger partial charge >= 0.3 is 0 Å². The van der Waals surface area contributed by atoms with Crippen molar-refractivity contribution in [1.82, 2.24) is 0 Å². The van der Waals surface area contributed by atoms with Gasteiger partial charge in [-0.1, -0.05) is 48.5 Å². The van der Waals surface area contributed by atoms with Crippen molar-refractivity contribution in [3.05, 3.63) is 82.6 Å². The van der Waals surface area contributed by atoms with Crippen LogP contribution in [0, 0.1) is 0 Å². The summed E-state index contributed by atoms with van der Waals surface area (Å²) in [4.78, 5) is 1.82. The van der Waals surface area contributed by atoms with E-state index < -0.39 is 10.8 Å². The molecule has 0 N–H and O–H groups in total. The molecule has 22 heavy (non-hydrogen) atoms. The maximum Gasteiger partial charge on any atom is 0.135 e. The summed E-state index contributed by atoms with van der Waals surface area (Å²) in [7, 11) is 0.382. The van der Waals surface area contributed by atoms with E-state index in [4.69, 9.17) is 4.74 Å². The number of hydrogen-bond acceptors (Lipinski definition) is 3. The van der Waals surface area contributed by atoms with Gasteiger partial charge in [0.25, 0.3) is 0 Å². The molecule has 0 amide bonds. The van der Waals surface area contributed by atoms with Crippen LogP contribution in [0.15, 0.2) is 77.0 Å². The molecule has 1 aromatic heterocycles. The highest BCUT2D eigenvalue weighted by atomic mass is 32.2. The largest absolute Gasteiger partial charge is 0.495 e. The molecule has 0 bridgehead atoms. The highest BCUT2D eigenvalue weighted by Gasteiger charge is 2.25. The van der Waals surface area contributed by atoms with E-state index >= 15 is 0 Å². The van der Waals surface area contributed by atoms with Gasteiger partial charge in [-0.2, -0.15) is 0 Å². The number of methoxy groups -OCH3 is 1. The molecule has 0 saturated carbocycles. The van der Waals surface area contributed by atoms with Crippen molar-refractivity contribution in [2.75, 3.05) is 7.11 Å². The van der Waals surface area contributed by atoms with Crippen LogP contribution >= 0.6 is 11.3 Å². The molecule has 3 rings (SSSR count). The van der Waals surface area contributed by atoms with Crippen molar-refractivity contribution in [2.24, 2.45) is 0 Å². The molecule has 4 heteroatoms. The molecule has 0 saturated heterocycles. The van der Waals surface area contributed by atoms with Crippen LogP contribution in [-0.2, 0) is 10.8 Å². The third-order valence-electron chi connectivity index (χ3n) is 3.40. The fourth-order valence-electron chi connectivity index (χ4n) is 2.37. The van der Waals surface area contributed by atoms with Gasteiger partial charge in [-0.25, -0.2) is 0 Å². The Labute approximate surface area is 136 Å². The van der Waals surface area contributed by atoms with Gasteiger partial charge in [-0.3, -0.25) is 4.21 Å². The smallest absolute Gasteiger partial charge is 0.135 e. The third-order valence-corrected chi connectivity index (χ3v) is 6.22. The molecule has 2 aromatic carbocycles. The first-order chi connectivity index (χ1) is 10.8. The lowest BCUT2D eigenvalue weighted by Crippen LogP contribution is -2.08. The number of rotatable bonds is 5. The molecule has 112 valence electrons. The second-order valence-corrected chi connectivity index (χ2v) is 7.24. The zero-order valence-corrected chi connectivity index (χ0v) is 13.8. The van der Waals surface area contributed by atoms with Crippen molar-refractivity contribution < 1.29 is 8.95 Å². The monoisotopic (exact) mass is 328 g/mol. The first-order valence-corrected chi connectivity index (χ1v) is 9.02. The SMILES string of the molecule is COc1ccccc1S(=O)C(c1ccccc1)c1cccs1. The summed E-state index contributed by atoms with van der Waals surface area (Å²) in [6.07, 6.45) is 0. The van der Waals surface area contributed by atoms with E-state index in [2.05, 4.69) is 0 Å². The van der Waals surface area contributed by atoms with Crippen LogP contribution in [-0.4, -0.2) is 11.3 Å². The van der Waals surface area contributed by atoms with Crippen LogP contribution in [0.25, 0.3) is 0 Å². The lowest BCUT2D eigenvalue weighted by Gasteiger charge is -2.17. The highest BCUT2D eigenvalue weighted by Crippen LogP contribution is 2.37. The van der Waals surface area contributed by atoms with E-state index in [1.54, 1.807) is 18.4 Å². The molecule has 0 aliphatic carbocycles. The quantitative estimate of drug-likeness (QED) is 0.681. The molecule has 3 aromatic rings. The predicted octanol–water partition coefficient (Wildman–Crippen LogP) is 4.65. The average molecular weight is 328 g/mol. The Balaban J connectivity index is 2.09. The Bertz CT molecular complexity index is 752. The maximum absolute atomic E-state index is 13.3. The van der Waals surface area contributed by atoms with Crippen LogP contribution in [0.1, 0.15) is 15.7 Å². The van der Waals surface area contributed by atoms with Crippen LogP contribution in [0.4, 0.5) is 0 Å². The molecule has 0 spiro atoms. The zero-order chi connectivity index (χ0) is 15.4. The summed E-state index contributed by atoms with van der Waals surface area (Å²) in [5.74, 6) is 0.665. The summed E-state index contributed by atoms with van der Waals surface area (Å²) in [5.41, 5.74) is 1.05. The van der Waals surface area contributed by atoms with Crippen molar-refractivity contribution in [3.8, 4) is 5.75 Å². The Kier molecular flexibility index (Phi) is 4.71. The normalized spacial score (nSPS) is 13.5. The molecule has 2 unspecified atom stereocenters. The molecule has 2 nitrogen and oxygen atoms in total. The lowest BCUT2D eigenvalue weighted by atomic mass is 10.1. The maximum atomic E-state index is 13.3. The van der Waals surface area contributed by atoms with Crippen LogP contribution < -0.4 is 4.74 Å². The molecular formula is C18H16O2S2. The minimum atomic E-state index is -1.23. The number of benzene rings is 2.